The van der Waals surface area contributed by atoms with Crippen LogP contribution in [0.5, 0.6) is 0 Å². The number of amides is 1. The van der Waals surface area contributed by atoms with Crippen LogP contribution in [-0.2, 0) is 6.42 Å². The van der Waals surface area contributed by atoms with E-state index in [0.29, 0.717) is 12.1 Å². The zero-order valence-corrected chi connectivity index (χ0v) is 14.4. The molecule has 4 nitrogen and oxygen atoms in total. The highest BCUT2D eigenvalue weighted by Crippen LogP contribution is 2.25. The lowest BCUT2D eigenvalue weighted by Crippen LogP contribution is -2.25. The fourth-order valence-corrected chi connectivity index (χ4v) is 3.80. The van der Waals surface area contributed by atoms with E-state index in [0.717, 1.165) is 12.1 Å². The zero-order valence-electron chi connectivity index (χ0n) is 13.6. The molecule has 0 saturated carbocycles. The second kappa shape index (κ2) is 6.91. The summed E-state index contributed by atoms with van der Waals surface area (Å²) >= 11 is 1.74. The lowest BCUT2D eigenvalue weighted by molar-refractivity contribution is 0.0954. The highest BCUT2D eigenvalue weighted by atomic mass is 32.1. The van der Waals surface area contributed by atoms with E-state index < -0.39 is 0 Å². The predicted molar refractivity (Wildman–Crippen MR) is 101 cm³/mol. The SMILES string of the molecule is O=C(NCCc1csc2ccccc12)c1cnn(-c2ccccc2)c1. The number of hydrogen-bond donors (Lipinski definition) is 1. The molecule has 0 unspecified atom stereocenters. The van der Waals surface area contributed by atoms with E-state index in [4.69, 9.17) is 0 Å². The van der Waals surface area contributed by atoms with Crippen molar-refractivity contribution in [2.24, 2.45) is 0 Å². The minimum absolute atomic E-state index is 0.0956. The van der Waals surface area contributed by atoms with Gasteiger partial charge in [-0.1, -0.05) is 36.4 Å². The largest absolute Gasteiger partial charge is 0.352 e. The number of fused-ring (bicyclic) bond motifs is 1. The molecule has 0 saturated heterocycles. The van der Waals surface area contributed by atoms with Crippen LogP contribution in [0.15, 0.2) is 72.4 Å². The van der Waals surface area contributed by atoms with Crippen LogP contribution >= 0.6 is 11.3 Å². The highest BCUT2D eigenvalue weighted by molar-refractivity contribution is 7.17. The fourth-order valence-electron chi connectivity index (χ4n) is 2.80. The van der Waals surface area contributed by atoms with Gasteiger partial charge in [-0.05, 0) is 40.9 Å². The first kappa shape index (κ1) is 15.6. The van der Waals surface area contributed by atoms with Gasteiger partial charge in [0.05, 0.1) is 17.4 Å². The topological polar surface area (TPSA) is 46.9 Å². The molecular formula is C20H17N3OS. The predicted octanol–water partition coefficient (Wildman–Crippen LogP) is 4.06. The van der Waals surface area contributed by atoms with E-state index in [9.17, 15) is 4.79 Å². The summed E-state index contributed by atoms with van der Waals surface area (Å²) in [4.78, 5) is 12.3. The number of nitrogens with zero attached hydrogens (tertiary/aromatic N) is 2. The number of carbonyl (C=O) groups excluding carboxylic acids is 1. The van der Waals surface area contributed by atoms with Gasteiger partial charge in [0.15, 0.2) is 0 Å². The Hall–Kier alpha value is -2.92. The van der Waals surface area contributed by atoms with Crippen molar-refractivity contribution >= 4 is 27.3 Å². The van der Waals surface area contributed by atoms with Crippen molar-refractivity contribution in [2.75, 3.05) is 6.54 Å². The van der Waals surface area contributed by atoms with Gasteiger partial charge < -0.3 is 5.32 Å². The molecule has 4 rings (SSSR count). The molecule has 0 aliphatic carbocycles. The minimum atomic E-state index is -0.0956. The molecule has 2 aromatic heterocycles. The second-order valence-electron chi connectivity index (χ2n) is 5.77. The lowest BCUT2D eigenvalue weighted by Gasteiger charge is -2.03. The standard InChI is InChI=1S/C20H17N3OS/c24-20(16-12-22-23(13-16)17-6-2-1-3-7-17)21-11-10-15-14-25-19-9-5-4-8-18(15)19/h1-9,12-14H,10-11H2,(H,21,24). The molecule has 0 aliphatic rings. The van der Waals surface area contributed by atoms with Crippen LogP contribution in [0.25, 0.3) is 15.8 Å². The third-order valence-corrected chi connectivity index (χ3v) is 5.12. The van der Waals surface area contributed by atoms with Crippen LogP contribution in [0.1, 0.15) is 15.9 Å². The number of hydrogen-bond acceptors (Lipinski definition) is 3. The summed E-state index contributed by atoms with van der Waals surface area (Å²) in [5.74, 6) is -0.0956. The van der Waals surface area contributed by atoms with Crippen LogP contribution in [0.3, 0.4) is 0 Å². The molecule has 0 spiro atoms. The molecule has 2 heterocycles. The Balaban J connectivity index is 1.39. The van der Waals surface area contributed by atoms with Gasteiger partial charge in [0.1, 0.15) is 0 Å². The van der Waals surface area contributed by atoms with Crippen molar-refractivity contribution in [3.8, 4) is 5.69 Å². The first-order chi connectivity index (χ1) is 12.3. The molecule has 0 radical (unpaired) electrons. The molecule has 4 aromatic rings. The number of rotatable bonds is 5. The zero-order chi connectivity index (χ0) is 17.1. The summed E-state index contributed by atoms with van der Waals surface area (Å²) in [5.41, 5.74) is 2.78. The van der Waals surface area contributed by atoms with Crippen LogP contribution in [0, 0.1) is 0 Å². The number of para-hydroxylation sites is 1. The van der Waals surface area contributed by atoms with Crippen molar-refractivity contribution in [1.29, 1.82) is 0 Å². The number of nitrogens with one attached hydrogen (secondary N) is 1. The summed E-state index contributed by atoms with van der Waals surface area (Å²) < 4.78 is 2.99. The van der Waals surface area contributed by atoms with Gasteiger partial charge in [0, 0.05) is 17.4 Å². The average Bonchev–Trinajstić information content (AvgIpc) is 3.30. The van der Waals surface area contributed by atoms with Crippen molar-refractivity contribution in [1.82, 2.24) is 15.1 Å². The fraction of sp³-hybridized carbons (Fsp3) is 0.100. The molecule has 2 aromatic carbocycles. The molecule has 1 amide bonds. The first-order valence-electron chi connectivity index (χ1n) is 8.15. The minimum Gasteiger partial charge on any atom is -0.352 e. The number of thiophene rings is 1. The number of aromatic nitrogens is 2. The summed E-state index contributed by atoms with van der Waals surface area (Å²) in [7, 11) is 0. The van der Waals surface area contributed by atoms with Gasteiger partial charge in [-0.15, -0.1) is 11.3 Å². The number of benzene rings is 2. The molecule has 1 N–H and O–H groups in total. The van der Waals surface area contributed by atoms with Gasteiger partial charge >= 0.3 is 0 Å². The van der Waals surface area contributed by atoms with Gasteiger partial charge in [0.2, 0.25) is 0 Å². The van der Waals surface area contributed by atoms with Crippen molar-refractivity contribution in [2.45, 2.75) is 6.42 Å². The normalized spacial score (nSPS) is 10.9. The summed E-state index contributed by atoms with van der Waals surface area (Å²) in [6, 6.07) is 18.1. The van der Waals surface area contributed by atoms with Gasteiger partial charge in [-0.25, -0.2) is 4.68 Å². The average molecular weight is 347 g/mol. The Morgan fingerprint density at radius 2 is 1.88 bits per heavy atom. The van der Waals surface area contributed by atoms with Crippen LogP contribution in [0.4, 0.5) is 0 Å². The Morgan fingerprint density at radius 3 is 2.76 bits per heavy atom. The Kier molecular flexibility index (Phi) is 4.31. The first-order valence-corrected chi connectivity index (χ1v) is 9.02. The third-order valence-electron chi connectivity index (χ3n) is 4.11. The van der Waals surface area contributed by atoms with Crippen molar-refractivity contribution in [3.05, 3.63) is 83.5 Å². The summed E-state index contributed by atoms with van der Waals surface area (Å²) in [6.07, 6.45) is 4.18. The maximum Gasteiger partial charge on any atom is 0.254 e. The quantitative estimate of drug-likeness (QED) is 0.592. The van der Waals surface area contributed by atoms with Gasteiger partial charge in [0.25, 0.3) is 5.91 Å². The highest BCUT2D eigenvalue weighted by Gasteiger charge is 2.10. The smallest absolute Gasteiger partial charge is 0.254 e. The van der Waals surface area contributed by atoms with E-state index in [2.05, 4.69) is 40.1 Å². The Bertz CT molecular complexity index is 1000. The van der Waals surface area contributed by atoms with Crippen LogP contribution in [0.2, 0.25) is 0 Å². The molecule has 0 aliphatic heterocycles. The molecule has 124 valence electrons. The molecule has 25 heavy (non-hydrogen) atoms. The monoisotopic (exact) mass is 347 g/mol. The maximum atomic E-state index is 12.3. The number of carbonyl (C=O) groups is 1. The Morgan fingerprint density at radius 1 is 1.08 bits per heavy atom. The van der Waals surface area contributed by atoms with Gasteiger partial charge in [-0.2, -0.15) is 5.10 Å². The molecular weight excluding hydrogens is 330 g/mol. The third kappa shape index (κ3) is 3.32. The molecule has 0 bridgehead atoms. The van der Waals surface area contributed by atoms with E-state index in [1.54, 1.807) is 28.4 Å². The lowest BCUT2D eigenvalue weighted by atomic mass is 10.1. The molecule has 0 atom stereocenters. The van der Waals surface area contributed by atoms with E-state index in [1.807, 2.05) is 30.3 Å². The van der Waals surface area contributed by atoms with Crippen LogP contribution in [-0.4, -0.2) is 22.2 Å². The second-order valence-corrected chi connectivity index (χ2v) is 6.68. The molecule has 0 fully saturated rings. The van der Waals surface area contributed by atoms with Crippen LogP contribution < -0.4 is 5.32 Å². The van der Waals surface area contributed by atoms with E-state index >= 15 is 0 Å². The van der Waals surface area contributed by atoms with E-state index in [1.165, 1.54) is 15.6 Å². The van der Waals surface area contributed by atoms with Crippen molar-refractivity contribution in [3.63, 3.8) is 0 Å². The summed E-state index contributed by atoms with van der Waals surface area (Å²) in [5, 5.41) is 10.7. The van der Waals surface area contributed by atoms with Crippen molar-refractivity contribution < 1.29 is 4.79 Å². The Labute approximate surface area is 149 Å². The van der Waals surface area contributed by atoms with E-state index in [-0.39, 0.29) is 5.91 Å². The maximum absolute atomic E-state index is 12.3. The summed E-state index contributed by atoms with van der Waals surface area (Å²) in [6.45, 7) is 0.607. The van der Waals surface area contributed by atoms with Gasteiger partial charge in [-0.3, -0.25) is 4.79 Å². The molecule has 5 heteroatoms.